The Bertz CT molecular complexity index is 897. The topological polar surface area (TPSA) is 284 Å². The lowest BCUT2D eigenvalue weighted by Crippen LogP contribution is -2.56. The van der Waals surface area contributed by atoms with Crippen molar-refractivity contribution in [2.75, 3.05) is 26.2 Å². The van der Waals surface area contributed by atoms with E-state index < -0.39 is 97.8 Å². The largest absolute Gasteiger partial charge is 0.480 e. The summed E-state index contributed by atoms with van der Waals surface area (Å²) in [5.74, 6) is -6.45. The van der Waals surface area contributed by atoms with E-state index in [1.165, 1.54) is 6.92 Å². The molecule has 1 rings (SSSR count). The standard InChI is InChI=1S/C20H33N7O10/c1-9(29)16(22)19(35)25-10(5-13(21)30)17(33)24-6-14(31)23-7-15(32)27-4-2-3-12(27)18(34)26-11(8-28)20(36)37/h9-12,16,28-29H,2-8,22H2,1H3,(H2,21,30)(H,23,31)(H,24,33)(H,25,35)(H,26,34)(H,36,37)/t9-,10+,11+,12+,16+/m1/s1. The molecule has 208 valence electrons. The van der Waals surface area contributed by atoms with Crippen LogP contribution in [-0.2, 0) is 33.6 Å². The summed E-state index contributed by atoms with van der Waals surface area (Å²) in [4.78, 5) is 84.7. The number of nitrogens with zero attached hydrogens (tertiary/aromatic N) is 1. The van der Waals surface area contributed by atoms with Gasteiger partial charge in [-0.2, -0.15) is 0 Å². The number of aliphatic hydroxyl groups excluding tert-OH is 2. The smallest absolute Gasteiger partial charge is 0.328 e. The maximum absolute atomic E-state index is 12.5. The van der Waals surface area contributed by atoms with E-state index in [4.69, 9.17) is 21.7 Å². The predicted octanol–water partition coefficient (Wildman–Crippen LogP) is -6.16. The molecule has 1 heterocycles. The van der Waals surface area contributed by atoms with Crippen molar-refractivity contribution in [2.24, 2.45) is 11.5 Å². The highest BCUT2D eigenvalue weighted by molar-refractivity contribution is 5.96. The van der Waals surface area contributed by atoms with Gasteiger partial charge in [-0.1, -0.05) is 0 Å². The molecule has 0 aliphatic carbocycles. The summed E-state index contributed by atoms with van der Waals surface area (Å²) >= 11 is 0. The van der Waals surface area contributed by atoms with Crippen LogP contribution < -0.4 is 32.7 Å². The van der Waals surface area contributed by atoms with Gasteiger partial charge < -0.3 is 53.0 Å². The number of rotatable bonds is 14. The van der Waals surface area contributed by atoms with Crippen LogP contribution in [-0.4, -0.2) is 118 Å². The molecule has 17 nitrogen and oxygen atoms in total. The number of hydrogen-bond acceptors (Lipinski definition) is 10. The second kappa shape index (κ2) is 14.7. The van der Waals surface area contributed by atoms with Crippen LogP contribution in [0.15, 0.2) is 0 Å². The highest BCUT2D eigenvalue weighted by Gasteiger charge is 2.35. The van der Waals surface area contributed by atoms with Gasteiger partial charge in [0.15, 0.2) is 0 Å². The van der Waals surface area contributed by atoms with Crippen LogP contribution in [0.5, 0.6) is 0 Å². The van der Waals surface area contributed by atoms with Crippen LogP contribution in [0, 0.1) is 0 Å². The van der Waals surface area contributed by atoms with Gasteiger partial charge in [-0.05, 0) is 19.8 Å². The molecule has 11 N–H and O–H groups in total. The minimum atomic E-state index is -1.53. The molecule has 1 aliphatic rings. The zero-order valence-corrected chi connectivity index (χ0v) is 20.1. The van der Waals surface area contributed by atoms with Gasteiger partial charge in [0.1, 0.15) is 24.2 Å². The van der Waals surface area contributed by atoms with E-state index in [9.17, 15) is 38.7 Å². The van der Waals surface area contributed by atoms with Crippen molar-refractivity contribution in [2.45, 2.75) is 56.5 Å². The minimum Gasteiger partial charge on any atom is -0.480 e. The molecular formula is C20H33N7O10. The van der Waals surface area contributed by atoms with Gasteiger partial charge in [-0.15, -0.1) is 0 Å². The average Bonchev–Trinajstić information content (AvgIpc) is 3.32. The fourth-order valence-electron chi connectivity index (χ4n) is 3.32. The van der Waals surface area contributed by atoms with E-state index in [1.807, 2.05) is 0 Å². The van der Waals surface area contributed by atoms with Crippen molar-refractivity contribution in [3.63, 3.8) is 0 Å². The Labute approximate surface area is 211 Å². The molecule has 0 saturated carbocycles. The third kappa shape index (κ3) is 9.98. The van der Waals surface area contributed by atoms with E-state index in [0.29, 0.717) is 6.42 Å². The predicted molar refractivity (Wildman–Crippen MR) is 123 cm³/mol. The summed E-state index contributed by atoms with van der Waals surface area (Å²) in [6, 6.07) is -5.36. The number of aliphatic carboxylic acids is 1. The number of primary amides is 1. The highest BCUT2D eigenvalue weighted by Crippen LogP contribution is 2.17. The van der Waals surface area contributed by atoms with Crippen LogP contribution in [0.1, 0.15) is 26.2 Å². The summed E-state index contributed by atoms with van der Waals surface area (Å²) in [7, 11) is 0. The Kier molecular flexibility index (Phi) is 12.4. The maximum atomic E-state index is 12.5. The monoisotopic (exact) mass is 531 g/mol. The number of likely N-dealkylation sites (tertiary alicyclic amines) is 1. The second-order valence-electron chi connectivity index (χ2n) is 8.32. The fourth-order valence-corrected chi connectivity index (χ4v) is 3.32. The highest BCUT2D eigenvalue weighted by atomic mass is 16.4. The lowest BCUT2D eigenvalue weighted by Gasteiger charge is -2.25. The molecule has 1 saturated heterocycles. The number of carbonyl (C=O) groups excluding carboxylic acids is 6. The molecule has 1 aliphatic heterocycles. The molecule has 0 aromatic carbocycles. The van der Waals surface area contributed by atoms with Crippen molar-refractivity contribution in [3.8, 4) is 0 Å². The van der Waals surface area contributed by atoms with Gasteiger partial charge >= 0.3 is 5.97 Å². The molecule has 0 aromatic rings. The van der Waals surface area contributed by atoms with Crippen LogP contribution >= 0.6 is 0 Å². The first-order valence-corrected chi connectivity index (χ1v) is 11.3. The summed E-state index contributed by atoms with van der Waals surface area (Å²) in [5.41, 5.74) is 10.6. The Morgan fingerprint density at radius 2 is 1.65 bits per heavy atom. The SMILES string of the molecule is C[C@@H](O)[C@H](N)C(=O)N[C@@H](CC(N)=O)C(=O)NCC(=O)NCC(=O)N1CCC[C@H]1C(=O)N[C@@H](CO)C(=O)O. The Balaban J connectivity index is 2.60. The molecule has 0 aromatic heterocycles. The van der Waals surface area contributed by atoms with Crippen LogP contribution in [0.4, 0.5) is 0 Å². The molecule has 0 radical (unpaired) electrons. The van der Waals surface area contributed by atoms with Crippen molar-refractivity contribution < 1.29 is 48.9 Å². The summed E-state index contributed by atoms with van der Waals surface area (Å²) in [5, 5.41) is 36.1. The van der Waals surface area contributed by atoms with Crippen molar-refractivity contribution in [1.29, 1.82) is 0 Å². The van der Waals surface area contributed by atoms with Crippen LogP contribution in [0.25, 0.3) is 0 Å². The van der Waals surface area contributed by atoms with E-state index in [0.717, 1.165) is 4.90 Å². The zero-order valence-electron chi connectivity index (χ0n) is 20.1. The third-order valence-corrected chi connectivity index (χ3v) is 5.39. The van der Waals surface area contributed by atoms with Crippen LogP contribution in [0.2, 0.25) is 0 Å². The van der Waals surface area contributed by atoms with Gasteiger partial charge in [0, 0.05) is 6.54 Å². The summed E-state index contributed by atoms with van der Waals surface area (Å²) in [6.45, 7) is -0.575. The number of carbonyl (C=O) groups is 7. The van der Waals surface area contributed by atoms with E-state index in [-0.39, 0.29) is 13.0 Å². The van der Waals surface area contributed by atoms with Crippen LogP contribution in [0.3, 0.4) is 0 Å². The third-order valence-electron chi connectivity index (χ3n) is 5.39. The number of carboxylic acids is 1. The fraction of sp³-hybridized carbons (Fsp3) is 0.650. The first-order valence-electron chi connectivity index (χ1n) is 11.3. The molecule has 1 fully saturated rings. The maximum Gasteiger partial charge on any atom is 0.328 e. The summed E-state index contributed by atoms with van der Waals surface area (Å²) < 4.78 is 0. The number of carboxylic acid groups (broad SMARTS) is 1. The van der Waals surface area contributed by atoms with Gasteiger partial charge in [-0.25, -0.2) is 4.79 Å². The Morgan fingerprint density at radius 3 is 2.19 bits per heavy atom. The molecule has 0 spiro atoms. The van der Waals surface area contributed by atoms with Crippen molar-refractivity contribution >= 4 is 41.4 Å². The quantitative estimate of drug-likeness (QED) is 0.102. The first kappa shape index (κ1) is 31.2. The number of nitrogens with two attached hydrogens (primary N) is 2. The number of aliphatic hydroxyl groups is 2. The molecule has 0 bridgehead atoms. The minimum absolute atomic E-state index is 0.184. The number of nitrogens with one attached hydrogen (secondary N) is 4. The molecule has 17 heteroatoms. The number of amides is 6. The van der Waals surface area contributed by atoms with E-state index >= 15 is 0 Å². The Morgan fingerprint density at radius 1 is 1.00 bits per heavy atom. The number of hydrogen-bond donors (Lipinski definition) is 9. The van der Waals surface area contributed by atoms with Crippen molar-refractivity contribution in [3.05, 3.63) is 0 Å². The van der Waals surface area contributed by atoms with Gasteiger partial charge in [-0.3, -0.25) is 28.8 Å². The van der Waals surface area contributed by atoms with Crippen molar-refractivity contribution in [1.82, 2.24) is 26.2 Å². The lowest BCUT2D eigenvalue weighted by atomic mass is 10.1. The molecule has 37 heavy (non-hydrogen) atoms. The molecular weight excluding hydrogens is 498 g/mol. The average molecular weight is 532 g/mol. The second-order valence-corrected chi connectivity index (χ2v) is 8.32. The Hall–Kier alpha value is -3.83. The van der Waals surface area contributed by atoms with Gasteiger partial charge in [0.05, 0.1) is 32.2 Å². The molecule has 6 amide bonds. The van der Waals surface area contributed by atoms with E-state index in [1.54, 1.807) is 0 Å². The normalized spacial score (nSPS) is 18.1. The van der Waals surface area contributed by atoms with E-state index in [2.05, 4.69) is 21.3 Å². The summed E-state index contributed by atoms with van der Waals surface area (Å²) in [6.07, 6.45) is -1.14. The van der Waals surface area contributed by atoms with Gasteiger partial charge in [0.2, 0.25) is 35.4 Å². The lowest BCUT2D eigenvalue weighted by molar-refractivity contribution is -0.144. The zero-order chi connectivity index (χ0) is 28.3. The molecule has 5 atom stereocenters. The molecule has 0 unspecified atom stereocenters. The first-order chi connectivity index (χ1) is 17.3. The van der Waals surface area contributed by atoms with Gasteiger partial charge in [0.25, 0.3) is 0 Å².